The summed E-state index contributed by atoms with van der Waals surface area (Å²) in [6.07, 6.45) is 10.3. The van der Waals surface area contributed by atoms with Crippen LogP contribution < -0.4 is 9.47 Å². The summed E-state index contributed by atoms with van der Waals surface area (Å²) in [7, 11) is 0. The van der Waals surface area contributed by atoms with Crippen molar-refractivity contribution in [2.75, 3.05) is 13.2 Å². The number of ether oxygens (including phenoxy) is 2. The Balaban J connectivity index is 1.79. The van der Waals surface area contributed by atoms with Crippen LogP contribution in [-0.2, 0) is 0 Å². The van der Waals surface area contributed by atoms with Gasteiger partial charge in [0.15, 0.2) is 11.5 Å². The van der Waals surface area contributed by atoms with Crippen LogP contribution in [0, 0.1) is 0 Å². The molecule has 0 atom stereocenters. The Kier molecular flexibility index (Phi) is 10.8. The van der Waals surface area contributed by atoms with Gasteiger partial charge in [-0.1, -0.05) is 70.1 Å². The molecular weight excluding hydrogens is 348 g/mol. The normalized spacial score (nSPS) is 11.1. The molecule has 0 fully saturated rings. The predicted molar refractivity (Wildman–Crippen MR) is 116 cm³/mol. The van der Waals surface area contributed by atoms with Crippen molar-refractivity contribution in [3.8, 4) is 11.5 Å². The monoisotopic (exact) mass is 382 g/mol. The van der Waals surface area contributed by atoms with Gasteiger partial charge in [0.05, 0.1) is 24.6 Å². The Hall–Kier alpha value is -2.36. The third-order valence-corrected chi connectivity index (χ3v) is 4.52. The molecule has 0 unspecified atom stereocenters. The molecular formula is C24H34N2O2. The highest BCUT2D eigenvalue weighted by molar-refractivity contribution is 5.51. The Labute approximate surface area is 170 Å². The van der Waals surface area contributed by atoms with Crippen molar-refractivity contribution < 1.29 is 9.47 Å². The van der Waals surface area contributed by atoms with Crippen molar-refractivity contribution in [1.29, 1.82) is 0 Å². The highest BCUT2D eigenvalue weighted by Gasteiger charge is 2.06. The van der Waals surface area contributed by atoms with E-state index in [1.807, 2.05) is 55.5 Å². The van der Waals surface area contributed by atoms with Crippen molar-refractivity contribution in [1.82, 2.24) is 0 Å². The Morgan fingerprint density at radius 2 is 1.32 bits per heavy atom. The second-order valence-electron chi connectivity index (χ2n) is 6.92. The summed E-state index contributed by atoms with van der Waals surface area (Å²) < 4.78 is 11.7. The fraction of sp³-hybridized carbons (Fsp3) is 0.500. The van der Waals surface area contributed by atoms with Crippen LogP contribution >= 0.6 is 0 Å². The zero-order valence-electron chi connectivity index (χ0n) is 17.4. The summed E-state index contributed by atoms with van der Waals surface area (Å²) >= 11 is 0. The number of hydrogen-bond acceptors (Lipinski definition) is 4. The van der Waals surface area contributed by atoms with Gasteiger partial charge in [-0.2, -0.15) is 10.2 Å². The molecule has 4 heteroatoms. The molecule has 28 heavy (non-hydrogen) atoms. The van der Waals surface area contributed by atoms with E-state index in [0.29, 0.717) is 6.61 Å². The standard InChI is InChI=1S/C24H34N2O2/c1-3-5-6-7-8-9-10-14-19-28-23-18-17-22(20-24(23)27-4-2)26-25-21-15-12-11-13-16-21/h11-13,15-18,20H,3-10,14,19H2,1-2H3. The first-order valence-electron chi connectivity index (χ1n) is 10.7. The SMILES string of the molecule is CCCCCCCCCCOc1ccc(N=Nc2ccccc2)cc1OCC. The first kappa shape index (κ1) is 21.9. The van der Waals surface area contributed by atoms with Gasteiger partial charge < -0.3 is 9.47 Å². The first-order valence-corrected chi connectivity index (χ1v) is 10.7. The van der Waals surface area contributed by atoms with E-state index in [1.165, 1.54) is 44.9 Å². The fourth-order valence-electron chi connectivity index (χ4n) is 2.97. The molecule has 2 aromatic rings. The average molecular weight is 383 g/mol. The number of unbranched alkanes of at least 4 members (excludes halogenated alkanes) is 7. The van der Waals surface area contributed by atoms with E-state index in [9.17, 15) is 0 Å². The maximum Gasteiger partial charge on any atom is 0.163 e. The van der Waals surface area contributed by atoms with Crippen LogP contribution in [0.2, 0.25) is 0 Å². The molecule has 2 aromatic carbocycles. The van der Waals surface area contributed by atoms with E-state index in [1.54, 1.807) is 0 Å². The minimum Gasteiger partial charge on any atom is -0.490 e. The lowest BCUT2D eigenvalue weighted by Gasteiger charge is -2.12. The minimum atomic E-state index is 0.591. The first-order chi connectivity index (χ1) is 13.8. The third-order valence-electron chi connectivity index (χ3n) is 4.52. The highest BCUT2D eigenvalue weighted by atomic mass is 16.5. The lowest BCUT2D eigenvalue weighted by Crippen LogP contribution is -2.01. The molecule has 0 aromatic heterocycles. The lowest BCUT2D eigenvalue weighted by molar-refractivity contribution is 0.270. The van der Waals surface area contributed by atoms with Crippen molar-refractivity contribution >= 4 is 11.4 Å². The molecule has 0 amide bonds. The molecule has 0 spiro atoms. The maximum absolute atomic E-state index is 5.96. The van der Waals surface area contributed by atoms with Gasteiger partial charge in [-0.15, -0.1) is 0 Å². The van der Waals surface area contributed by atoms with Crippen LogP contribution in [0.1, 0.15) is 65.2 Å². The molecule has 152 valence electrons. The summed E-state index contributed by atoms with van der Waals surface area (Å²) in [5, 5.41) is 8.56. The van der Waals surface area contributed by atoms with Crippen LogP contribution in [0.3, 0.4) is 0 Å². The van der Waals surface area contributed by atoms with Gasteiger partial charge in [0.25, 0.3) is 0 Å². The topological polar surface area (TPSA) is 43.2 Å². The van der Waals surface area contributed by atoms with E-state index in [4.69, 9.17) is 9.47 Å². The van der Waals surface area contributed by atoms with Crippen molar-refractivity contribution in [2.24, 2.45) is 10.2 Å². The van der Waals surface area contributed by atoms with Gasteiger partial charge in [0.2, 0.25) is 0 Å². The van der Waals surface area contributed by atoms with Gasteiger partial charge in [-0.3, -0.25) is 0 Å². The summed E-state index contributed by atoms with van der Waals surface area (Å²) in [5.74, 6) is 1.51. The largest absolute Gasteiger partial charge is 0.490 e. The van der Waals surface area contributed by atoms with Crippen molar-refractivity contribution in [3.63, 3.8) is 0 Å². The fourth-order valence-corrected chi connectivity index (χ4v) is 2.97. The Morgan fingerprint density at radius 1 is 0.643 bits per heavy atom. The number of nitrogens with zero attached hydrogens (tertiary/aromatic N) is 2. The molecule has 0 N–H and O–H groups in total. The highest BCUT2D eigenvalue weighted by Crippen LogP contribution is 2.32. The van der Waals surface area contributed by atoms with E-state index in [2.05, 4.69) is 17.2 Å². The van der Waals surface area contributed by atoms with E-state index >= 15 is 0 Å². The van der Waals surface area contributed by atoms with Crippen LogP contribution in [0.5, 0.6) is 11.5 Å². The Morgan fingerprint density at radius 3 is 2.04 bits per heavy atom. The van der Waals surface area contributed by atoms with Crippen molar-refractivity contribution in [3.05, 3.63) is 48.5 Å². The summed E-state index contributed by atoms with van der Waals surface area (Å²) in [6.45, 7) is 5.54. The predicted octanol–water partition coefficient (Wildman–Crippen LogP) is 8.02. The second kappa shape index (κ2) is 13.8. The molecule has 2 rings (SSSR count). The van der Waals surface area contributed by atoms with E-state index in [-0.39, 0.29) is 0 Å². The molecule has 0 saturated carbocycles. The third kappa shape index (κ3) is 8.55. The molecule has 4 nitrogen and oxygen atoms in total. The van der Waals surface area contributed by atoms with Crippen LogP contribution in [0.15, 0.2) is 58.8 Å². The molecule has 0 aliphatic heterocycles. The summed E-state index contributed by atoms with van der Waals surface area (Å²) in [5.41, 5.74) is 1.59. The van der Waals surface area contributed by atoms with E-state index < -0.39 is 0 Å². The smallest absolute Gasteiger partial charge is 0.163 e. The molecule has 0 bridgehead atoms. The Bertz CT molecular complexity index is 686. The molecule has 0 heterocycles. The van der Waals surface area contributed by atoms with E-state index in [0.717, 1.165) is 35.9 Å². The van der Waals surface area contributed by atoms with Crippen LogP contribution in [0.25, 0.3) is 0 Å². The van der Waals surface area contributed by atoms with Crippen molar-refractivity contribution in [2.45, 2.75) is 65.2 Å². The molecule has 0 aliphatic carbocycles. The summed E-state index contributed by atoms with van der Waals surface area (Å²) in [6, 6.07) is 15.4. The quantitative estimate of drug-likeness (QED) is 0.245. The lowest BCUT2D eigenvalue weighted by atomic mass is 10.1. The van der Waals surface area contributed by atoms with Gasteiger partial charge in [0, 0.05) is 6.07 Å². The average Bonchev–Trinajstić information content (AvgIpc) is 2.73. The van der Waals surface area contributed by atoms with Crippen LogP contribution in [0.4, 0.5) is 11.4 Å². The maximum atomic E-state index is 5.96. The van der Waals surface area contributed by atoms with Gasteiger partial charge in [-0.25, -0.2) is 0 Å². The number of rotatable bonds is 14. The van der Waals surface area contributed by atoms with Gasteiger partial charge in [0.1, 0.15) is 0 Å². The number of benzene rings is 2. The zero-order valence-corrected chi connectivity index (χ0v) is 17.4. The van der Waals surface area contributed by atoms with Gasteiger partial charge >= 0.3 is 0 Å². The minimum absolute atomic E-state index is 0.591. The second-order valence-corrected chi connectivity index (χ2v) is 6.92. The van der Waals surface area contributed by atoms with Gasteiger partial charge in [-0.05, 0) is 37.6 Å². The number of azo groups is 1. The summed E-state index contributed by atoms with van der Waals surface area (Å²) in [4.78, 5) is 0. The molecule has 0 aliphatic rings. The molecule has 0 saturated heterocycles. The van der Waals surface area contributed by atoms with Crippen LogP contribution in [-0.4, -0.2) is 13.2 Å². The molecule has 0 radical (unpaired) electrons. The number of hydrogen-bond donors (Lipinski definition) is 0. The zero-order chi connectivity index (χ0) is 19.9.